The van der Waals surface area contributed by atoms with Crippen LogP contribution in [0.5, 0.6) is 0 Å². The molecule has 1 N–H and O–H groups in total. The summed E-state index contributed by atoms with van der Waals surface area (Å²) in [5.41, 5.74) is 3.90. The van der Waals surface area contributed by atoms with Crippen LogP contribution in [0.25, 0.3) is 22.2 Å². The van der Waals surface area contributed by atoms with Gasteiger partial charge in [0.15, 0.2) is 0 Å². The fourth-order valence-corrected chi connectivity index (χ4v) is 3.76. The van der Waals surface area contributed by atoms with Gasteiger partial charge in [0.25, 0.3) is 5.91 Å². The standard InChI is InChI=1S/C21H23N5O2/c1-4-19-20(27)22-9-10-26(19)21(28)15-11-18(16-12-23-25(3)13(16)2)24-17-8-6-5-7-14(15)17/h5-8,11-12,19H,4,9-10H2,1-3H3,(H,22,27)/t19-/m1/s1. The lowest BCUT2D eigenvalue weighted by atomic mass is 10.0. The van der Waals surface area contributed by atoms with Crippen LogP contribution < -0.4 is 5.32 Å². The van der Waals surface area contributed by atoms with Gasteiger partial charge in [0.2, 0.25) is 5.91 Å². The fourth-order valence-electron chi connectivity index (χ4n) is 3.76. The first-order chi connectivity index (χ1) is 13.5. The second-order valence-corrected chi connectivity index (χ2v) is 7.05. The number of rotatable bonds is 3. The van der Waals surface area contributed by atoms with Gasteiger partial charge in [-0.05, 0) is 25.5 Å². The van der Waals surface area contributed by atoms with Crippen molar-refractivity contribution < 1.29 is 9.59 Å². The molecule has 1 fully saturated rings. The van der Waals surface area contributed by atoms with Crippen molar-refractivity contribution in [3.05, 3.63) is 47.8 Å². The lowest BCUT2D eigenvalue weighted by molar-refractivity contribution is -0.127. The third-order valence-electron chi connectivity index (χ3n) is 5.44. The molecule has 1 aliphatic rings. The van der Waals surface area contributed by atoms with Crippen LogP contribution in [0.2, 0.25) is 0 Å². The van der Waals surface area contributed by atoms with Crippen molar-refractivity contribution in [2.45, 2.75) is 26.3 Å². The summed E-state index contributed by atoms with van der Waals surface area (Å²) in [6.07, 6.45) is 2.35. The average molecular weight is 377 g/mol. The highest BCUT2D eigenvalue weighted by Gasteiger charge is 2.33. The monoisotopic (exact) mass is 377 g/mol. The minimum atomic E-state index is -0.447. The highest BCUT2D eigenvalue weighted by atomic mass is 16.2. The Morgan fingerprint density at radius 3 is 2.82 bits per heavy atom. The van der Waals surface area contributed by atoms with Gasteiger partial charge in [-0.3, -0.25) is 14.3 Å². The summed E-state index contributed by atoms with van der Waals surface area (Å²) in [6.45, 7) is 4.87. The second kappa shape index (κ2) is 7.07. The normalized spacial score (nSPS) is 17.0. The molecule has 1 atom stereocenters. The molecular formula is C21H23N5O2. The predicted molar refractivity (Wildman–Crippen MR) is 107 cm³/mol. The zero-order chi connectivity index (χ0) is 19.8. The molecule has 144 valence electrons. The Morgan fingerprint density at radius 1 is 1.32 bits per heavy atom. The van der Waals surface area contributed by atoms with Crippen LogP contribution in [0.15, 0.2) is 36.5 Å². The number of pyridine rings is 1. The van der Waals surface area contributed by atoms with Gasteiger partial charge in [-0.25, -0.2) is 4.98 Å². The summed E-state index contributed by atoms with van der Waals surface area (Å²) >= 11 is 0. The Hall–Kier alpha value is -3.22. The third kappa shape index (κ3) is 2.93. The van der Waals surface area contributed by atoms with E-state index in [4.69, 9.17) is 4.98 Å². The molecule has 0 radical (unpaired) electrons. The van der Waals surface area contributed by atoms with Crippen LogP contribution in [-0.4, -0.2) is 50.6 Å². The molecule has 0 spiro atoms. The molecule has 2 amide bonds. The summed E-state index contributed by atoms with van der Waals surface area (Å²) < 4.78 is 1.79. The van der Waals surface area contributed by atoms with E-state index in [-0.39, 0.29) is 11.8 Å². The first kappa shape index (κ1) is 18.2. The molecule has 0 aliphatic carbocycles. The van der Waals surface area contributed by atoms with Gasteiger partial charge in [0.1, 0.15) is 6.04 Å². The van der Waals surface area contributed by atoms with Crippen molar-refractivity contribution in [2.75, 3.05) is 13.1 Å². The highest BCUT2D eigenvalue weighted by Crippen LogP contribution is 2.28. The maximum absolute atomic E-state index is 13.5. The number of carbonyl (C=O) groups is 2. The number of hydrogen-bond acceptors (Lipinski definition) is 4. The highest BCUT2D eigenvalue weighted by molar-refractivity contribution is 6.08. The molecular weight excluding hydrogens is 354 g/mol. The van der Waals surface area contributed by atoms with Gasteiger partial charge in [0, 0.05) is 36.8 Å². The second-order valence-electron chi connectivity index (χ2n) is 7.05. The largest absolute Gasteiger partial charge is 0.353 e. The zero-order valence-corrected chi connectivity index (χ0v) is 16.3. The number of piperazine rings is 1. The molecule has 0 saturated carbocycles. The summed E-state index contributed by atoms with van der Waals surface area (Å²) in [7, 11) is 1.88. The summed E-state index contributed by atoms with van der Waals surface area (Å²) in [6, 6.07) is 9.00. The van der Waals surface area contributed by atoms with Crippen molar-refractivity contribution in [1.82, 2.24) is 25.0 Å². The SMILES string of the molecule is CC[C@@H]1C(=O)NCCN1C(=O)c1cc(-c2cnn(C)c2C)nc2ccccc12. The van der Waals surface area contributed by atoms with E-state index in [9.17, 15) is 9.59 Å². The van der Waals surface area contributed by atoms with Crippen molar-refractivity contribution in [1.29, 1.82) is 0 Å². The summed E-state index contributed by atoms with van der Waals surface area (Å²) in [5, 5.41) is 7.94. The van der Waals surface area contributed by atoms with Crippen molar-refractivity contribution >= 4 is 22.7 Å². The number of amides is 2. The van der Waals surface area contributed by atoms with Gasteiger partial charge in [-0.2, -0.15) is 5.10 Å². The molecule has 0 unspecified atom stereocenters. The zero-order valence-electron chi connectivity index (χ0n) is 16.3. The smallest absolute Gasteiger partial charge is 0.255 e. The molecule has 2 aromatic heterocycles. The summed E-state index contributed by atoms with van der Waals surface area (Å²) in [4.78, 5) is 32.2. The van der Waals surface area contributed by atoms with Crippen molar-refractivity contribution in [2.24, 2.45) is 7.05 Å². The van der Waals surface area contributed by atoms with Crippen LogP contribution in [0, 0.1) is 6.92 Å². The van der Waals surface area contributed by atoms with Gasteiger partial charge in [-0.15, -0.1) is 0 Å². The average Bonchev–Trinajstić information content (AvgIpc) is 3.05. The molecule has 7 nitrogen and oxygen atoms in total. The van der Waals surface area contributed by atoms with E-state index in [0.717, 1.165) is 22.2 Å². The Balaban J connectivity index is 1.87. The Bertz CT molecular complexity index is 1070. The van der Waals surface area contributed by atoms with Crippen LogP contribution in [0.1, 0.15) is 29.4 Å². The number of nitrogens with zero attached hydrogens (tertiary/aromatic N) is 4. The van der Waals surface area contributed by atoms with E-state index in [0.29, 0.717) is 30.8 Å². The van der Waals surface area contributed by atoms with E-state index < -0.39 is 6.04 Å². The molecule has 3 aromatic rings. The van der Waals surface area contributed by atoms with E-state index in [1.165, 1.54) is 0 Å². The first-order valence-electron chi connectivity index (χ1n) is 9.48. The summed E-state index contributed by atoms with van der Waals surface area (Å²) in [5.74, 6) is -0.230. The molecule has 1 aromatic carbocycles. The van der Waals surface area contributed by atoms with E-state index in [1.807, 2.05) is 51.2 Å². The van der Waals surface area contributed by atoms with Gasteiger partial charge in [0.05, 0.1) is 23.0 Å². The van der Waals surface area contributed by atoms with E-state index in [1.54, 1.807) is 15.8 Å². The van der Waals surface area contributed by atoms with E-state index in [2.05, 4.69) is 10.4 Å². The lowest BCUT2D eigenvalue weighted by Crippen LogP contribution is -2.56. The van der Waals surface area contributed by atoms with Crippen molar-refractivity contribution in [3.8, 4) is 11.3 Å². The molecule has 0 bridgehead atoms. The van der Waals surface area contributed by atoms with Crippen LogP contribution in [0.4, 0.5) is 0 Å². The topological polar surface area (TPSA) is 80.1 Å². The van der Waals surface area contributed by atoms with Gasteiger partial charge in [-0.1, -0.05) is 25.1 Å². The fraction of sp³-hybridized carbons (Fsp3) is 0.333. The van der Waals surface area contributed by atoms with Gasteiger partial charge >= 0.3 is 0 Å². The van der Waals surface area contributed by atoms with Crippen LogP contribution in [0.3, 0.4) is 0 Å². The Kier molecular flexibility index (Phi) is 4.58. The first-order valence-corrected chi connectivity index (χ1v) is 9.48. The Morgan fingerprint density at radius 2 is 2.11 bits per heavy atom. The third-order valence-corrected chi connectivity index (χ3v) is 5.44. The molecule has 7 heteroatoms. The molecule has 3 heterocycles. The Labute approximate surface area is 163 Å². The minimum Gasteiger partial charge on any atom is -0.353 e. The number of para-hydroxylation sites is 1. The number of fused-ring (bicyclic) bond motifs is 1. The molecule has 1 aliphatic heterocycles. The predicted octanol–water partition coefficient (Wildman–Crippen LogP) is 2.29. The maximum Gasteiger partial charge on any atom is 0.255 e. The number of carbonyl (C=O) groups excluding carboxylic acids is 2. The number of aromatic nitrogens is 3. The van der Waals surface area contributed by atoms with E-state index >= 15 is 0 Å². The maximum atomic E-state index is 13.5. The molecule has 1 saturated heterocycles. The number of hydrogen-bond donors (Lipinski definition) is 1. The van der Waals surface area contributed by atoms with Crippen molar-refractivity contribution in [3.63, 3.8) is 0 Å². The van der Waals surface area contributed by atoms with Gasteiger partial charge < -0.3 is 10.2 Å². The number of aryl methyl sites for hydroxylation is 1. The minimum absolute atomic E-state index is 0.0937. The number of nitrogens with one attached hydrogen (secondary N) is 1. The quantitative estimate of drug-likeness (QED) is 0.759. The molecule has 4 rings (SSSR count). The number of benzene rings is 1. The molecule has 28 heavy (non-hydrogen) atoms. The lowest BCUT2D eigenvalue weighted by Gasteiger charge is -2.34. The van der Waals surface area contributed by atoms with Crippen LogP contribution >= 0.6 is 0 Å². The van der Waals surface area contributed by atoms with Crippen LogP contribution in [-0.2, 0) is 11.8 Å².